The van der Waals surface area contributed by atoms with E-state index in [9.17, 15) is 4.79 Å². The van der Waals surface area contributed by atoms with E-state index in [1.807, 2.05) is 31.3 Å². The zero-order valence-corrected chi connectivity index (χ0v) is 16.9. The minimum Gasteiger partial charge on any atom is -0.382 e. The van der Waals surface area contributed by atoms with E-state index in [-0.39, 0.29) is 5.69 Å². The van der Waals surface area contributed by atoms with Crippen molar-refractivity contribution in [2.45, 2.75) is 39.2 Å². The smallest absolute Gasteiger partial charge is 0.326 e. The van der Waals surface area contributed by atoms with E-state index >= 15 is 0 Å². The van der Waals surface area contributed by atoms with Crippen LogP contribution in [0.15, 0.2) is 29.2 Å². The molecule has 4 N–H and O–H groups in total. The van der Waals surface area contributed by atoms with E-state index < -0.39 is 0 Å². The van der Waals surface area contributed by atoms with Gasteiger partial charge in [-0.25, -0.2) is 14.8 Å². The summed E-state index contributed by atoms with van der Waals surface area (Å²) in [5, 5.41) is 3.39. The number of fused-ring (bicyclic) bond motifs is 1. The first-order valence-electron chi connectivity index (χ1n) is 10.4. The third-order valence-electron chi connectivity index (χ3n) is 5.56. The van der Waals surface area contributed by atoms with Crippen molar-refractivity contribution in [1.29, 1.82) is 0 Å². The molecule has 154 valence electrons. The molecule has 0 amide bonds. The van der Waals surface area contributed by atoms with Gasteiger partial charge < -0.3 is 20.9 Å². The van der Waals surface area contributed by atoms with Gasteiger partial charge in [0.2, 0.25) is 0 Å². The van der Waals surface area contributed by atoms with Gasteiger partial charge in [-0.05, 0) is 50.0 Å². The van der Waals surface area contributed by atoms with E-state index in [1.165, 1.54) is 32.4 Å². The Hall–Kier alpha value is -2.87. The Morgan fingerprint density at radius 2 is 2.07 bits per heavy atom. The van der Waals surface area contributed by atoms with Gasteiger partial charge in [-0.1, -0.05) is 19.4 Å². The molecule has 1 saturated heterocycles. The van der Waals surface area contributed by atoms with Crippen LogP contribution in [-0.2, 0) is 13.0 Å². The molecule has 1 fully saturated rings. The number of nitrogens with one attached hydrogen (secondary N) is 2. The summed E-state index contributed by atoms with van der Waals surface area (Å²) in [7, 11) is 0. The number of rotatable bonds is 7. The first kappa shape index (κ1) is 19.4. The number of aryl methyl sites for hydroxylation is 1. The number of aromatic amines is 1. The fourth-order valence-electron chi connectivity index (χ4n) is 3.90. The molecule has 0 atom stereocenters. The quantitative estimate of drug-likeness (QED) is 0.566. The number of aromatic nitrogens is 4. The van der Waals surface area contributed by atoms with Crippen molar-refractivity contribution >= 4 is 22.7 Å². The molecule has 0 aromatic carbocycles. The molecule has 0 saturated carbocycles. The summed E-state index contributed by atoms with van der Waals surface area (Å²) >= 11 is 0. The van der Waals surface area contributed by atoms with Crippen molar-refractivity contribution < 1.29 is 0 Å². The van der Waals surface area contributed by atoms with Crippen molar-refractivity contribution in [3.8, 4) is 0 Å². The van der Waals surface area contributed by atoms with Crippen LogP contribution in [0.4, 0.5) is 11.6 Å². The van der Waals surface area contributed by atoms with Crippen LogP contribution in [0.3, 0.4) is 0 Å². The number of anilines is 2. The highest BCUT2D eigenvalue weighted by atomic mass is 16.1. The van der Waals surface area contributed by atoms with Gasteiger partial charge in [0, 0.05) is 25.0 Å². The first-order chi connectivity index (χ1) is 14.1. The van der Waals surface area contributed by atoms with Gasteiger partial charge in [-0.2, -0.15) is 0 Å². The van der Waals surface area contributed by atoms with Crippen molar-refractivity contribution in [3.05, 3.63) is 46.1 Å². The molecule has 29 heavy (non-hydrogen) atoms. The largest absolute Gasteiger partial charge is 0.382 e. The summed E-state index contributed by atoms with van der Waals surface area (Å²) in [5.41, 5.74) is 9.03. The lowest BCUT2D eigenvalue weighted by molar-refractivity contribution is 0.237. The third kappa shape index (κ3) is 4.42. The van der Waals surface area contributed by atoms with Gasteiger partial charge in [0.1, 0.15) is 17.2 Å². The van der Waals surface area contributed by atoms with Crippen molar-refractivity contribution in [2.24, 2.45) is 0 Å². The standard InChI is InChI=1S/C21H29N7O/c1-2-16-12-17-19(20(22)25-16)26-21(29)28(17)14-15-6-7-18(24-13-15)23-8-11-27-9-4-3-5-10-27/h6-7,12-13H,2-5,8-11,14H2,1H3,(H2,22,25)(H,23,24)(H,26,29). The molecule has 0 radical (unpaired) electrons. The fourth-order valence-corrected chi connectivity index (χ4v) is 3.90. The summed E-state index contributed by atoms with van der Waals surface area (Å²) < 4.78 is 1.69. The van der Waals surface area contributed by atoms with Gasteiger partial charge in [-0.3, -0.25) is 4.57 Å². The number of nitrogen functional groups attached to an aromatic ring is 1. The Morgan fingerprint density at radius 3 is 2.79 bits per heavy atom. The van der Waals surface area contributed by atoms with Gasteiger partial charge in [0.15, 0.2) is 0 Å². The number of pyridine rings is 2. The second kappa shape index (κ2) is 8.65. The van der Waals surface area contributed by atoms with Crippen LogP contribution in [0, 0.1) is 0 Å². The Labute approximate surface area is 170 Å². The minimum absolute atomic E-state index is 0.189. The highest BCUT2D eigenvalue weighted by molar-refractivity contribution is 5.85. The number of likely N-dealkylation sites (tertiary alicyclic amines) is 1. The molecule has 3 aromatic heterocycles. The normalized spacial score (nSPS) is 15.1. The molecule has 0 aliphatic carbocycles. The molecule has 4 heterocycles. The minimum atomic E-state index is -0.189. The number of hydrogen-bond donors (Lipinski definition) is 3. The highest BCUT2D eigenvalue weighted by Gasteiger charge is 2.13. The SMILES string of the molecule is CCc1cc2c([nH]c(=O)n2Cc2ccc(NCCN3CCCCC3)nc2)c(N)n1. The predicted molar refractivity (Wildman–Crippen MR) is 116 cm³/mol. The summed E-state index contributed by atoms with van der Waals surface area (Å²) in [6.45, 7) is 6.79. The van der Waals surface area contributed by atoms with Gasteiger partial charge in [-0.15, -0.1) is 0 Å². The Kier molecular flexibility index (Phi) is 5.80. The lowest BCUT2D eigenvalue weighted by atomic mass is 10.1. The van der Waals surface area contributed by atoms with Gasteiger partial charge in [0.05, 0.1) is 12.1 Å². The molecular formula is C21H29N7O. The summed E-state index contributed by atoms with van der Waals surface area (Å²) in [5.74, 6) is 1.22. The van der Waals surface area contributed by atoms with Crippen LogP contribution >= 0.6 is 0 Å². The van der Waals surface area contributed by atoms with E-state index in [0.29, 0.717) is 17.9 Å². The Bertz CT molecular complexity index is 1020. The Balaban J connectivity index is 1.43. The van der Waals surface area contributed by atoms with Crippen LogP contribution in [0.25, 0.3) is 11.0 Å². The van der Waals surface area contributed by atoms with E-state index in [1.54, 1.807) is 4.57 Å². The van der Waals surface area contributed by atoms with Crippen LogP contribution < -0.4 is 16.7 Å². The summed E-state index contributed by atoms with van der Waals surface area (Å²) in [6.07, 6.45) is 6.55. The van der Waals surface area contributed by atoms with Crippen molar-refractivity contribution in [1.82, 2.24) is 24.4 Å². The van der Waals surface area contributed by atoms with Gasteiger partial charge in [0.25, 0.3) is 0 Å². The monoisotopic (exact) mass is 395 g/mol. The number of nitrogens with two attached hydrogens (primary N) is 1. The molecule has 1 aliphatic heterocycles. The molecule has 8 nitrogen and oxygen atoms in total. The number of nitrogens with zero attached hydrogens (tertiary/aromatic N) is 4. The number of piperidine rings is 1. The highest BCUT2D eigenvalue weighted by Crippen LogP contribution is 2.19. The lowest BCUT2D eigenvalue weighted by Gasteiger charge is -2.26. The molecule has 0 unspecified atom stereocenters. The fraction of sp³-hybridized carbons (Fsp3) is 0.476. The molecule has 0 bridgehead atoms. The average Bonchev–Trinajstić information content (AvgIpc) is 3.06. The first-order valence-corrected chi connectivity index (χ1v) is 10.4. The topological polar surface area (TPSA) is 105 Å². The van der Waals surface area contributed by atoms with Gasteiger partial charge >= 0.3 is 5.69 Å². The lowest BCUT2D eigenvalue weighted by Crippen LogP contribution is -2.33. The molecular weight excluding hydrogens is 366 g/mol. The van der Waals surface area contributed by atoms with E-state index in [0.717, 1.165) is 42.1 Å². The second-order valence-electron chi connectivity index (χ2n) is 7.64. The predicted octanol–water partition coefficient (Wildman–Crippen LogP) is 2.21. The zero-order chi connectivity index (χ0) is 20.2. The van der Waals surface area contributed by atoms with Crippen molar-refractivity contribution in [3.63, 3.8) is 0 Å². The third-order valence-corrected chi connectivity index (χ3v) is 5.56. The molecule has 1 aliphatic rings. The maximum absolute atomic E-state index is 12.4. The number of hydrogen-bond acceptors (Lipinski definition) is 6. The molecule has 0 spiro atoms. The van der Waals surface area contributed by atoms with E-state index in [4.69, 9.17) is 5.73 Å². The van der Waals surface area contributed by atoms with Crippen LogP contribution in [0.2, 0.25) is 0 Å². The number of H-pyrrole nitrogens is 1. The molecule has 4 rings (SSSR count). The van der Waals surface area contributed by atoms with Crippen molar-refractivity contribution in [2.75, 3.05) is 37.2 Å². The summed E-state index contributed by atoms with van der Waals surface area (Å²) in [6, 6.07) is 5.90. The van der Waals surface area contributed by atoms with Crippen LogP contribution in [0.5, 0.6) is 0 Å². The summed E-state index contributed by atoms with van der Waals surface area (Å²) in [4.78, 5) is 26.6. The van der Waals surface area contributed by atoms with Crippen LogP contribution in [-0.4, -0.2) is 50.6 Å². The maximum Gasteiger partial charge on any atom is 0.326 e. The zero-order valence-electron chi connectivity index (χ0n) is 16.9. The average molecular weight is 396 g/mol. The van der Waals surface area contributed by atoms with E-state index in [2.05, 4.69) is 25.2 Å². The number of imidazole rings is 1. The molecule has 8 heteroatoms. The maximum atomic E-state index is 12.4. The molecule has 3 aromatic rings. The second-order valence-corrected chi connectivity index (χ2v) is 7.64. The van der Waals surface area contributed by atoms with Crippen LogP contribution in [0.1, 0.15) is 37.4 Å². The Morgan fingerprint density at radius 1 is 1.24 bits per heavy atom.